The minimum atomic E-state index is -1.88. The lowest BCUT2D eigenvalue weighted by Crippen LogP contribution is -2.68. The molecule has 0 bridgehead atoms. The minimum Gasteiger partial charge on any atom is -0.459 e. The number of carbonyl (C=O) groups excluding carboxylic acids is 6. The van der Waals surface area contributed by atoms with E-state index < -0.39 is 109 Å². The van der Waals surface area contributed by atoms with Crippen LogP contribution in [0.4, 0.5) is 0 Å². The molecular formula is C44H43NO15S. The van der Waals surface area contributed by atoms with E-state index in [1.807, 2.05) is 0 Å². The summed E-state index contributed by atoms with van der Waals surface area (Å²) in [5.41, 5.74) is -0.876. The molecule has 0 spiro atoms. The van der Waals surface area contributed by atoms with E-state index in [0.717, 1.165) is 0 Å². The maximum atomic E-state index is 14.0. The van der Waals surface area contributed by atoms with Crippen molar-refractivity contribution >= 4 is 46.7 Å². The Labute approximate surface area is 354 Å². The van der Waals surface area contributed by atoms with Gasteiger partial charge in [-0.1, -0.05) is 84.6 Å². The maximum Gasteiger partial charge on any atom is 0.338 e. The van der Waals surface area contributed by atoms with Crippen LogP contribution in [-0.2, 0) is 42.7 Å². The number of thioether (sulfide) groups is 1. The van der Waals surface area contributed by atoms with E-state index in [0.29, 0.717) is 11.8 Å². The first-order valence-corrected chi connectivity index (χ1v) is 20.0. The third-order valence-corrected chi connectivity index (χ3v) is 10.5. The van der Waals surface area contributed by atoms with Crippen LogP contribution in [0.1, 0.15) is 55.3 Å². The fourth-order valence-corrected chi connectivity index (χ4v) is 7.57. The van der Waals surface area contributed by atoms with E-state index >= 15 is 0 Å². The molecule has 2 aliphatic heterocycles. The van der Waals surface area contributed by atoms with Crippen LogP contribution in [0.15, 0.2) is 121 Å². The molecular weight excluding hydrogens is 815 g/mol. The molecule has 0 aliphatic carbocycles. The smallest absolute Gasteiger partial charge is 0.338 e. The van der Waals surface area contributed by atoms with Crippen LogP contribution in [0, 0.1) is 0 Å². The van der Waals surface area contributed by atoms with Gasteiger partial charge in [-0.05, 0) is 48.5 Å². The molecule has 320 valence electrons. The number of hydrogen-bond acceptors (Lipinski definition) is 16. The van der Waals surface area contributed by atoms with Crippen LogP contribution in [0.3, 0.4) is 0 Å². The molecule has 16 nitrogen and oxygen atoms in total. The molecule has 0 saturated carbocycles. The first kappa shape index (κ1) is 44.6. The monoisotopic (exact) mass is 857 g/mol. The summed E-state index contributed by atoms with van der Waals surface area (Å²) >= 11 is 0.654. The maximum absolute atomic E-state index is 14.0. The second-order valence-electron chi connectivity index (χ2n) is 13.9. The summed E-state index contributed by atoms with van der Waals surface area (Å²) < 4.78 is 42.6. The summed E-state index contributed by atoms with van der Waals surface area (Å²) in [5, 5.41) is 24.1. The number of benzene rings is 4. The van der Waals surface area contributed by atoms with Crippen LogP contribution in [0.2, 0.25) is 0 Å². The van der Waals surface area contributed by atoms with Gasteiger partial charge < -0.3 is 48.7 Å². The van der Waals surface area contributed by atoms with Crippen molar-refractivity contribution in [1.29, 1.82) is 0 Å². The molecule has 1 amide bonds. The lowest BCUT2D eigenvalue weighted by Gasteiger charge is -2.48. The Morgan fingerprint density at radius 3 is 1.48 bits per heavy atom. The molecule has 0 radical (unpaired) electrons. The van der Waals surface area contributed by atoms with Crippen LogP contribution < -0.4 is 5.32 Å². The Morgan fingerprint density at radius 2 is 1.03 bits per heavy atom. The highest BCUT2D eigenvalue weighted by atomic mass is 32.2. The summed E-state index contributed by atoms with van der Waals surface area (Å²) in [4.78, 5) is 80.1. The molecule has 0 aromatic heterocycles. The molecule has 3 N–H and O–H groups in total. The Bertz CT molecular complexity index is 2130. The van der Waals surface area contributed by atoms with Gasteiger partial charge in [0, 0.05) is 13.8 Å². The number of nitrogens with one attached hydrogen (secondary N) is 1. The number of aliphatic hydroxyl groups is 2. The molecule has 61 heavy (non-hydrogen) atoms. The second kappa shape index (κ2) is 21.0. The standard InChI is InChI=1S/C44H43NO15S/c1-25(47)45-33-36(34(49)31(23-46)56-44(33)61-26(2)48)60-43-38(59-42(53)30-21-13-6-14-22-30)37(58-41(52)29-19-11-5-12-20-29)35(57-40(51)28-17-9-4-10-18-28)32(55-43)24-54-39(50)27-15-7-3-8-16-27/h3-22,31-38,43-44,46,49H,23-24H2,1-2H3,(H,45,47). The van der Waals surface area contributed by atoms with Crippen molar-refractivity contribution < 1.29 is 72.1 Å². The largest absolute Gasteiger partial charge is 0.459 e. The van der Waals surface area contributed by atoms with Gasteiger partial charge in [-0.2, -0.15) is 0 Å². The predicted molar refractivity (Wildman–Crippen MR) is 215 cm³/mol. The van der Waals surface area contributed by atoms with Crippen molar-refractivity contribution in [2.75, 3.05) is 13.2 Å². The average molecular weight is 858 g/mol. The van der Waals surface area contributed by atoms with Gasteiger partial charge in [0.2, 0.25) is 5.91 Å². The third-order valence-electron chi connectivity index (χ3n) is 9.53. The fraction of sp³-hybridized carbons (Fsp3) is 0.318. The van der Waals surface area contributed by atoms with Crippen molar-refractivity contribution in [2.24, 2.45) is 0 Å². The number of carbonyl (C=O) groups is 6. The van der Waals surface area contributed by atoms with Crippen molar-refractivity contribution in [1.82, 2.24) is 5.32 Å². The number of hydrogen-bond donors (Lipinski definition) is 3. The van der Waals surface area contributed by atoms with Crippen LogP contribution in [0.25, 0.3) is 0 Å². The molecule has 17 heteroatoms. The van der Waals surface area contributed by atoms with E-state index in [4.69, 9.17) is 33.2 Å². The Morgan fingerprint density at radius 1 is 0.590 bits per heavy atom. The van der Waals surface area contributed by atoms with E-state index in [9.17, 15) is 39.0 Å². The van der Waals surface area contributed by atoms with Crippen LogP contribution in [0.5, 0.6) is 0 Å². The van der Waals surface area contributed by atoms with Gasteiger partial charge in [0.1, 0.15) is 36.5 Å². The Hall–Kier alpha value is -5.95. The van der Waals surface area contributed by atoms with Crippen molar-refractivity contribution in [3.63, 3.8) is 0 Å². The number of aliphatic hydroxyl groups excluding tert-OH is 2. The van der Waals surface area contributed by atoms with Crippen molar-refractivity contribution in [3.8, 4) is 0 Å². The van der Waals surface area contributed by atoms with Crippen molar-refractivity contribution in [3.05, 3.63) is 144 Å². The highest BCUT2D eigenvalue weighted by molar-refractivity contribution is 8.14. The lowest BCUT2D eigenvalue weighted by atomic mass is 9.95. The Balaban J connectivity index is 1.48. The van der Waals surface area contributed by atoms with Gasteiger partial charge in [0.05, 0.1) is 34.9 Å². The zero-order valence-corrected chi connectivity index (χ0v) is 33.7. The topological polar surface area (TPSA) is 220 Å². The van der Waals surface area contributed by atoms with Gasteiger partial charge in [0.15, 0.2) is 29.7 Å². The second-order valence-corrected chi connectivity index (χ2v) is 15.1. The highest BCUT2D eigenvalue weighted by Crippen LogP contribution is 2.36. The van der Waals surface area contributed by atoms with Crippen LogP contribution >= 0.6 is 11.8 Å². The van der Waals surface area contributed by atoms with Gasteiger partial charge in [0.25, 0.3) is 0 Å². The highest BCUT2D eigenvalue weighted by Gasteiger charge is 2.56. The van der Waals surface area contributed by atoms with Gasteiger partial charge in [-0.15, -0.1) is 0 Å². The number of ether oxygens (including phenoxy) is 7. The SMILES string of the molecule is CC(=O)NC1C(SC(C)=O)OC(CO)C(O)C1OC1OC(COC(=O)c2ccccc2)C(OC(=O)c2ccccc2)C(OC(=O)c2ccccc2)C1OC(=O)c1ccccc1. The van der Waals surface area contributed by atoms with Gasteiger partial charge in [-0.3, -0.25) is 9.59 Å². The summed E-state index contributed by atoms with van der Waals surface area (Å²) in [6.45, 7) is 1.02. The number of amides is 1. The Kier molecular flexibility index (Phi) is 15.4. The molecule has 10 atom stereocenters. The van der Waals surface area contributed by atoms with Crippen molar-refractivity contribution in [2.45, 2.75) is 74.3 Å². The molecule has 6 rings (SSSR count). The van der Waals surface area contributed by atoms with E-state index in [1.54, 1.807) is 72.8 Å². The first-order chi connectivity index (χ1) is 29.4. The number of rotatable bonds is 14. The summed E-state index contributed by atoms with van der Waals surface area (Å²) in [6.07, 6.45) is -13.4. The third kappa shape index (κ3) is 11.5. The molecule has 2 saturated heterocycles. The molecule has 2 heterocycles. The minimum absolute atomic E-state index is 0.0478. The summed E-state index contributed by atoms with van der Waals surface area (Å²) in [7, 11) is 0. The van der Waals surface area contributed by atoms with Gasteiger partial charge in [-0.25, -0.2) is 19.2 Å². The van der Waals surface area contributed by atoms with Gasteiger partial charge >= 0.3 is 23.9 Å². The number of esters is 4. The lowest BCUT2D eigenvalue weighted by molar-refractivity contribution is -0.326. The average Bonchev–Trinajstić information content (AvgIpc) is 3.27. The van der Waals surface area contributed by atoms with E-state index in [1.165, 1.54) is 62.4 Å². The van der Waals surface area contributed by atoms with E-state index in [2.05, 4.69) is 5.32 Å². The van der Waals surface area contributed by atoms with E-state index in [-0.39, 0.29) is 22.3 Å². The van der Waals surface area contributed by atoms with Crippen LogP contribution in [-0.4, -0.2) is 119 Å². The predicted octanol–water partition coefficient (Wildman–Crippen LogP) is 3.49. The summed E-state index contributed by atoms with van der Waals surface area (Å²) in [5.74, 6) is -4.24. The summed E-state index contributed by atoms with van der Waals surface area (Å²) in [6, 6.07) is 29.9. The first-order valence-electron chi connectivity index (χ1n) is 19.1. The zero-order chi connectivity index (χ0) is 43.5. The molecule has 2 aliphatic rings. The quantitative estimate of drug-likeness (QED) is 0.122. The molecule has 4 aromatic carbocycles. The fourth-order valence-electron chi connectivity index (χ4n) is 6.67. The zero-order valence-electron chi connectivity index (χ0n) is 32.8. The normalized spacial score (nSPS) is 25.9. The molecule has 2 fully saturated rings. The molecule has 10 unspecified atom stereocenters. The molecule has 4 aromatic rings.